The molecule has 0 nitrogen and oxygen atoms in total. The van der Waals surface area contributed by atoms with E-state index in [0.717, 1.165) is 0 Å². The van der Waals surface area contributed by atoms with Crippen LogP contribution in [0.2, 0.25) is 0 Å². The smallest absolute Gasteiger partial charge is 1.00 e. The number of rotatable bonds is 0. The van der Waals surface area contributed by atoms with Crippen molar-refractivity contribution < 1.29 is 166 Å². The van der Waals surface area contributed by atoms with E-state index in [9.17, 15) is 0 Å². The second-order valence-corrected chi connectivity index (χ2v) is 0. The molecular formula is Cl10MoPt-6. The molecule has 0 atom stereocenters. The summed E-state index contributed by atoms with van der Waals surface area (Å²) in [5.41, 5.74) is 0. The second kappa shape index (κ2) is 170. The minimum atomic E-state index is 0. The molecule has 0 amide bonds. The van der Waals surface area contributed by atoms with Gasteiger partial charge in [0.2, 0.25) is 0 Å². The van der Waals surface area contributed by atoms with Gasteiger partial charge in [0.1, 0.15) is 0 Å². The molecule has 0 heterocycles. The molecule has 0 aromatic heterocycles. The van der Waals surface area contributed by atoms with Crippen molar-refractivity contribution in [2.75, 3.05) is 0 Å². The standard InChI is InChI=1S/10ClH.Mo.Pt/h10*1H;;/q;;;;;;;;;;;+4/p-10. The van der Waals surface area contributed by atoms with Gasteiger partial charge in [-0.25, -0.2) is 0 Å². The van der Waals surface area contributed by atoms with E-state index in [1.54, 1.807) is 0 Å². The Morgan fingerprint density at radius 2 is 0.250 bits per heavy atom. The summed E-state index contributed by atoms with van der Waals surface area (Å²) < 4.78 is 0. The molecule has 0 fully saturated rings. The van der Waals surface area contributed by atoms with Gasteiger partial charge in [0.05, 0.1) is 0 Å². The first-order valence-corrected chi connectivity index (χ1v) is 0. The van der Waals surface area contributed by atoms with Gasteiger partial charge in [0.15, 0.2) is 0 Å². The third kappa shape index (κ3) is 138. The van der Waals surface area contributed by atoms with E-state index in [-0.39, 0.29) is 166 Å². The Bertz CT molecular complexity index is 9.80. The van der Waals surface area contributed by atoms with Crippen LogP contribution in [-0.2, 0) is 42.1 Å². The van der Waals surface area contributed by atoms with E-state index in [2.05, 4.69) is 0 Å². The van der Waals surface area contributed by atoms with Gasteiger partial charge in [-0.2, -0.15) is 0 Å². The number of halogens is 10. The molecule has 12 heavy (non-hydrogen) atoms. The summed E-state index contributed by atoms with van der Waals surface area (Å²) >= 11 is 0. The molecule has 0 aliphatic carbocycles. The Balaban J connectivity index is 0. The predicted octanol–water partition coefficient (Wildman–Crippen LogP) is -30.0. The summed E-state index contributed by atoms with van der Waals surface area (Å²) in [6, 6.07) is 0. The Morgan fingerprint density at radius 3 is 0.250 bits per heavy atom. The molecule has 0 N–H and O–H groups in total. The summed E-state index contributed by atoms with van der Waals surface area (Å²) in [5.74, 6) is 0. The molecule has 0 aliphatic rings. The number of hydrogen-bond donors (Lipinski definition) is 0. The summed E-state index contributed by atoms with van der Waals surface area (Å²) in [6.07, 6.45) is 0. The van der Waals surface area contributed by atoms with Gasteiger partial charge in [-0.3, -0.25) is 0 Å². The summed E-state index contributed by atoms with van der Waals surface area (Å²) in [7, 11) is 0. The molecule has 92 valence electrons. The maximum absolute atomic E-state index is 0. The SMILES string of the molecule is [Cl-].[Cl-].[Cl-].[Cl-].[Cl-].[Cl-].[Cl-].[Cl-].[Cl-].[Cl-].[Mo].[Pt+4]. The predicted molar refractivity (Wildman–Crippen MR) is 0 cm³/mol. The van der Waals surface area contributed by atoms with Crippen LogP contribution in [0.1, 0.15) is 0 Å². The fourth-order valence-electron chi connectivity index (χ4n) is 0. The Morgan fingerprint density at radius 1 is 0.250 bits per heavy atom. The molecule has 0 aromatic carbocycles. The fraction of sp³-hybridized carbons (Fsp3) is 0. The normalized spacial score (nSPS) is 0. The van der Waals surface area contributed by atoms with Crippen molar-refractivity contribution in [3.05, 3.63) is 0 Å². The second-order valence-electron chi connectivity index (χ2n) is 0. The first kappa shape index (κ1) is 208. The zero-order chi connectivity index (χ0) is 0. The molecule has 0 bridgehead atoms. The summed E-state index contributed by atoms with van der Waals surface area (Å²) in [5, 5.41) is 0. The van der Waals surface area contributed by atoms with Gasteiger partial charge < -0.3 is 124 Å². The van der Waals surface area contributed by atoms with Crippen LogP contribution < -0.4 is 124 Å². The zero-order valence-corrected chi connectivity index (χ0v) is 16.3. The largest absolute Gasteiger partial charge is 4.00 e. The molecule has 0 radical (unpaired) electrons. The maximum Gasteiger partial charge on any atom is 4.00 e. The van der Waals surface area contributed by atoms with Crippen LogP contribution in [0.5, 0.6) is 0 Å². The van der Waals surface area contributed by atoms with E-state index in [0.29, 0.717) is 0 Å². The van der Waals surface area contributed by atoms with Crippen LogP contribution >= 0.6 is 0 Å². The van der Waals surface area contributed by atoms with Crippen molar-refractivity contribution in [3.8, 4) is 0 Å². The molecule has 0 unspecified atom stereocenters. The van der Waals surface area contributed by atoms with Gasteiger partial charge in [0.25, 0.3) is 0 Å². The first-order valence-electron chi connectivity index (χ1n) is 0. The zero-order valence-electron chi connectivity index (χ0n) is 4.50. The van der Waals surface area contributed by atoms with E-state index in [4.69, 9.17) is 0 Å². The fourth-order valence-corrected chi connectivity index (χ4v) is 0. The van der Waals surface area contributed by atoms with Crippen LogP contribution in [0.15, 0.2) is 0 Å². The Hall–Kier alpha value is 4.28. The van der Waals surface area contributed by atoms with Crippen LogP contribution in [0.3, 0.4) is 0 Å². The molecular weight excluding hydrogens is 646 g/mol. The van der Waals surface area contributed by atoms with E-state index in [1.165, 1.54) is 0 Å². The van der Waals surface area contributed by atoms with Gasteiger partial charge in [0, 0.05) is 21.1 Å². The third-order valence-electron chi connectivity index (χ3n) is 0. The number of hydrogen-bond acceptors (Lipinski definition) is 0. The first-order chi connectivity index (χ1) is 0. The minimum Gasteiger partial charge on any atom is -1.00 e. The van der Waals surface area contributed by atoms with Crippen molar-refractivity contribution >= 4 is 0 Å². The van der Waals surface area contributed by atoms with Gasteiger partial charge >= 0.3 is 21.1 Å². The molecule has 0 saturated carbocycles. The average Bonchev–Trinajstić information content (AvgIpc) is 0. The topological polar surface area (TPSA) is 0 Å². The molecule has 0 rings (SSSR count). The van der Waals surface area contributed by atoms with Crippen LogP contribution in [0.25, 0.3) is 0 Å². The van der Waals surface area contributed by atoms with Crippen molar-refractivity contribution in [3.63, 3.8) is 0 Å². The van der Waals surface area contributed by atoms with E-state index in [1.807, 2.05) is 0 Å². The molecule has 0 spiro atoms. The minimum absolute atomic E-state index is 0. The molecule has 0 aromatic rings. The quantitative estimate of drug-likeness (QED) is 0.230. The van der Waals surface area contributed by atoms with Gasteiger partial charge in [-0.05, 0) is 0 Å². The third-order valence-corrected chi connectivity index (χ3v) is 0. The van der Waals surface area contributed by atoms with Crippen molar-refractivity contribution in [2.45, 2.75) is 0 Å². The van der Waals surface area contributed by atoms with Gasteiger partial charge in [-0.15, -0.1) is 0 Å². The summed E-state index contributed by atoms with van der Waals surface area (Å²) in [6.45, 7) is 0. The monoisotopic (exact) mass is 643 g/mol. The van der Waals surface area contributed by atoms with Crippen LogP contribution in [0.4, 0.5) is 0 Å². The van der Waals surface area contributed by atoms with Crippen molar-refractivity contribution in [2.24, 2.45) is 0 Å². The Kier molecular flexibility index (Phi) is 2950. The van der Waals surface area contributed by atoms with Crippen molar-refractivity contribution in [1.82, 2.24) is 0 Å². The Labute approximate surface area is 164 Å². The molecule has 0 saturated heterocycles. The van der Waals surface area contributed by atoms with Crippen LogP contribution in [-0.4, -0.2) is 0 Å². The average molecular weight is 646 g/mol. The van der Waals surface area contributed by atoms with Crippen molar-refractivity contribution in [1.29, 1.82) is 0 Å². The summed E-state index contributed by atoms with van der Waals surface area (Å²) in [4.78, 5) is 0. The van der Waals surface area contributed by atoms with Gasteiger partial charge in [-0.1, -0.05) is 0 Å². The van der Waals surface area contributed by atoms with E-state index >= 15 is 0 Å². The molecule has 0 aliphatic heterocycles. The maximum atomic E-state index is 0. The van der Waals surface area contributed by atoms with E-state index < -0.39 is 0 Å². The molecule has 12 heteroatoms. The van der Waals surface area contributed by atoms with Crippen LogP contribution in [0, 0.1) is 0 Å².